The van der Waals surface area contributed by atoms with Gasteiger partial charge in [0.1, 0.15) is 11.3 Å². The number of furan rings is 1. The molecule has 2 rings (SSSR count). The lowest BCUT2D eigenvalue weighted by Gasteiger charge is -2.01. The van der Waals surface area contributed by atoms with Crippen molar-refractivity contribution in [3.8, 4) is 11.1 Å². The van der Waals surface area contributed by atoms with Crippen LogP contribution in [0.3, 0.4) is 0 Å². The van der Waals surface area contributed by atoms with Gasteiger partial charge in [0.2, 0.25) is 0 Å². The lowest BCUT2D eigenvalue weighted by molar-refractivity contribution is 0.0695. The molecule has 1 aromatic carbocycles. The number of hydrogen-bond donors (Lipinski definition) is 1. The standard InChI is InChI=1S/C14H13ClO3/c1-2-3-12-13(14(16)17)11(8-18-12)9-4-6-10(15)7-5-9/h4-8H,2-3H2,1H3,(H,16,17). The largest absolute Gasteiger partial charge is 0.478 e. The van der Waals surface area contributed by atoms with Crippen molar-refractivity contribution < 1.29 is 14.3 Å². The fraction of sp³-hybridized carbons (Fsp3) is 0.214. The summed E-state index contributed by atoms with van der Waals surface area (Å²) < 4.78 is 5.37. The Kier molecular flexibility index (Phi) is 3.72. The summed E-state index contributed by atoms with van der Waals surface area (Å²) in [4.78, 5) is 11.3. The van der Waals surface area contributed by atoms with Crippen LogP contribution in [0, 0.1) is 0 Å². The summed E-state index contributed by atoms with van der Waals surface area (Å²) in [6, 6.07) is 7.04. The maximum absolute atomic E-state index is 11.3. The maximum Gasteiger partial charge on any atom is 0.339 e. The number of halogens is 1. The number of rotatable bonds is 4. The van der Waals surface area contributed by atoms with E-state index in [0.717, 1.165) is 12.0 Å². The number of carboxylic acid groups (broad SMARTS) is 1. The highest BCUT2D eigenvalue weighted by atomic mass is 35.5. The van der Waals surface area contributed by atoms with Crippen molar-refractivity contribution in [2.75, 3.05) is 0 Å². The molecule has 0 fully saturated rings. The molecule has 1 aromatic heterocycles. The van der Waals surface area contributed by atoms with E-state index in [4.69, 9.17) is 16.0 Å². The number of benzene rings is 1. The molecule has 0 aliphatic heterocycles. The average molecular weight is 265 g/mol. The zero-order valence-corrected chi connectivity index (χ0v) is 10.7. The third kappa shape index (κ3) is 2.41. The smallest absolute Gasteiger partial charge is 0.339 e. The molecule has 0 amide bonds. The minimum absolute atomic E-state index is 0.249. The maximum atomic E-state index is 11.3. The van der Waals surface area contributed by atoms with Gasteiger partial charge in [-0.3, -0.25) is 0 Å². The second-order valence-electron chi connectivity index (χ2n) is 4.01. The van der Waals surface area contributed by atoms with Crippen molar-refractivity contribution in [1.82, 2.24) is 0 Å². The third-order valence-corrected chi connectivity index (χ3v) is 2.97. The van der Waals surface area contributed by atoms with E-state index < -0.39 is 5.97 Å². The molecule has 0 aliphatic rings. The van der Waals surface area contributed by atoms with Crippen molar-refractivity contribution in [2.45, 2.75) is 19.8 Å². The Morgan fingerprint density at radius 3 is 2.56 bits per heavy atom. The third-order valence-electron chi connectivity index (χ3n) is 2.71. The molecule has 1 heterocycles. The first-order valence-electron chi connectivity index (χ1n) is 5.73. The lowest BCUT2D eigenvalue weighted by atomic mass is 10.0. The average Bonchev–Trinajstić information content (AvgIpc) is 2.74. The molecule has 0 bridgehead atoms. The molecule has 0 saturated heterocycles. The first kappa shape index (κ1) is 12.7. The van der Waals surface area contributed by atoms with E-state index in [2.05, 4.69) is 0 Å². The molecular weight excluding hydrogens is 252 g/mol. The second kappa shape index (κ2) is 5.27. The van der Waals surface area contributed by atoms with Crippen molar-refractivity contribution in [1.29, 1.82) is 0 Å². The van der Waals surface area contributed by atoms with E-state index in [0.29, 0.717) is 22.8 Å². The van der Waals surface area contributed by atoms with Gasteiger partial charge in [0, 0.05) is 17.0 Å². The van der Waals surface area contributed by atoms with Crippen LogP contribution >= 0.6 is 11.6 Å². The van der Waals surface area contributed by atoms with Gasteiger partial charge in [0.15, 0.2) is 0 Å². The normalized spacial score (nSPS) is 10.6. The van der Waals surface area contributed by atoms with Gasteiger partial charge in [0.25, 0.3) is 0 Å². The van der Waals surface area contributed by atoms with Crippen molar-refractivity contribution >= 4 is 17.6 Å². The highest BCUT2D eigenvalue weighted by Gasteiger charge is 2.20. The molecule has 1 N–H and O–H groups in total. The quantitative estimate of drug-likeness (QED) is 0.898. The minimum atomic E-state index is -0.961. The van der Waals surface area contributed by atoms with Crippen LogP contribution in [0.2, 0.25) is 5.02 Å². The number of aryl methyl sites for hydroxylation is 1. The Morgan fingerprint density at radius 1 is 1.33 bits per heavy atom. The number of carboxylic acids is 1. The first-order valence-corrected chi connectivity index (χ1v) is 6.11. The molecule has 4 heteroatoms. The van der Waals surface area contributed by atoms with E-state index in [1.54, 1.807) is 24.3 Å². The van der Waals surface area contributed by atoms with E-state index in [9.17, 15) is 9.90 Å². The van der Waals surface area contributed by atoms with Crippen molar-refractivity contribution in [2.24, 2.45) is 0 Å². The summed E-state index contributed by atoms with van der Waals surface area (Å²) in [7, 11) is 0. The van der Waals surface area contributed by atoms with Gasteiger partial charge in [-0.05, 0) is 24.1 Å². The summed E-state index contributed by atoms with van der Waals surface area (Å²) >= 11 is 5.82. The van der Waals surface area contributed by atoms with Crippen LogP contribution in [-0.4, -0.2) is 11.1 Å². The van der Waals surface area contributed by atoms with Crippen molar-refractivity contribution in [3.63, 3.8) is 0 Å². The molecule has 3 nitrogen and oxygen atoms in total. The number of aromatic carboxylic acids is 1. The van der Waals surface area contributed by atoms with Crippen LogP contribution in [0.4, 0.5) is 0 Å². The summed E-state index contributed by atoms with van der Waals surface area (Å²) in [6.07, 6.45) is 2.96. The zero-order chi connectivity index (χ0) is 13.1. The molecule has 0 radical (unpaired) electrons. The monoisotopic (exact) mass is 264 g/mol. The fourth-order valence-electron chi connectivity index (χ4n) is 1.89. The van der Waals surface area contributed by atoms with E-state index >= 15 is 0 Å². The van der Waals surface area contributed by atoms with Crippen LogP contribution in [0.5, 0.6) is 0 Å². The van der Waals surface area contributed by atoms with E-state index in [1.165, 1.54) is 6.26 Å². The molecule has 0 saturated carbocycles. The molecule has 0 unspecified atom stereocenters. The zero-order valence-electron chi connectivity index (χ0n) is 9.94. The molecule has 18 heavy (non-hydrogen) atoms. The fourth-order valence-corrected chi connectivity index (χ4v) is 2.01. The van der Waals surface area contributed by atoms with Crippen LogP contribution in [0.15, 0.2) is 34.9 Å². The Morgan fingerprint density at radius 2 is 2.00 bits per heavy atom. The van der Waals surface area contributed by atoms with Crippen LogP contribution in [-0.2, 0) is 6.42 Å². The van der Waals surface area contributed by atoms with Gasteiger partial charge in [0.05, 0.1) is 6.26 Å². The Labute approximate surface area is 110 Å². The Bertz CT molecular complexity index is 555. The van der Waals surface area contributed by atoms with Gasteiger partial charge < -0.3 is 9.52 Å². The van der Waals surface area contributed by atoms with Gasteiger partial charge in [-0.25, -0.2) is 4.79 Å². The second-order valence-corrected chi connectivity index (χ2v) is 4.45. The van der Waals surface area contributed by atoms with Gasteiger partial charge in [-0.15, -0.1) is 0 Å². The van der Waals surface area contributed by atoms with E-state index in [1.807, 2.05) is 6.92 Å². The summed E-state index contributed by atoms with van der Waals surface area (Å²) in [5.41, 5.74) is 1.64. The Hall–Kier alpha value is -1.74. The van der Waals surface area contributed by atoms with Gasteiger partial charge in [-0.1, -0.05) is 30.7 Å². The van der Waals surface area contributed by atoms with Crippen molar-refractivity contribution in [3.05, 3.63) is 46.9 Å². The Balaban J connectivity index is 2.50. The summed E-state index contributed by atoms with van der Waals surface area (Å²) in [6.45, 7) is 1.98. The predicted octanol–water partition coefficient (Wildman–Crippen LogP) is 4.25. The van der Waals surface area contributed by atoms with Gasteiger partial charge in [-0.2, -0.15) is 0 Å². The molecule has 2 aromatic rings. The SMILES string of the molecule is CCCc1occ(-c2ccc(Cl)cc2)c1C(=O)O. The molecule has 0 aliphatic carbocycles. The highest BCUT2D eigenvalue weighted by Crippen LogP contribution is 2.30. The molecule has 0 spiro atoms. The first-order chi connectivity index (χ1) is 8.63. The predicted molar refractivity (Wildman–Crippen MR) is 70.1 cm³/mol. The number of carbonyl (C=O) groups is 1. The molecule has 0 atom stereocenters. The van der Waals surface area contributed by atoms with Gasteiger partial charge >= 0.3 is 5.97 Å². The topological polar surface area (TPSA) is 50.4 Å². The van der Waals surface area contributed by atoms with Crippen LogP contribution in [0.25, 0.3) is 11.1 Å². The summed E-state index contributed by atoms with van der Waals surface area (Å²) in [5.74, 6) is -0.438. The molecular formula is C14H13ClO3. The van der Waals surface area contributed by atoms with Crippen LogP contribution in [0.1, 0.15) is 29.5 Å². The molecule has 94 valence electrons. The summed E-state index contributed by atoms with van der Waals surface area (Å²) in [5, 5.41) is 9.91. The van der Waals surface area contributed by atoms with E-state index in [-0.39, 0.29) is 5.56 Å². The minimum Gasteiger partial charge on any atom is -0.478 e. The highest BCUT2D eigenvalue weighted by molar-refractivity contribution is 6.30. The number of hydrogen-bond acceptors (Lipinski definition) is 2. The lowest BCUT2D eigenvalue weighted by Crippen LogP contribution is -2.01. The van der Waals surface area contributed by atoms with Crippen LogP contribution < -0.4 is 0 Å².